The van der Waals surface area contributed by atoms with Crippen LogP contribution in [0.3, 0.4) is 0 Å². The van der Waals surface area contributed by atoms with Crippen LogP contribution < -0.4 is 4.90 Å². The van der Waals surface area contributed by atoms with Gasteiger partial charge in [-0.3, -0.25) is 0 Å². The van der Waals surface area contributed by atoms with E-state index >= 15 is 0 Å². The highest BCUT2D eigenvalue weighted by Crippen LogP contribution is 2.47. The Balaban J connectivity index is 0.965. The second kappa shape index (κ2) is 17.2. The number of furan rings is 1. The van der Waals surface area contributed by atoms with E-state index in [1.54, 1.807) is 0 Å². The van der Waals surface area contributed by atoms with Crippen molar-refractivity contribution in [3.8, 4) is 66.8 Å². The molecule has 0 radical (unpaired) electrons. The highest BCUT2D eigenvalue weighted by molar-refractivity contribution is 7.25. The molecule has 0 saturated heterocycles. The number of hydrogen-bond donors (Lipinski definition) is 0. The van der Waals surface area contributed by atoms with Crippen molar-refractivity contribution in [3.63, 3.8) is 0 Å². The fraction of sp³-hybridized carbons (Fsp3) is 0. The zero-order valence-corrected chi connectivity index (χ0v) is 38.4. The topological polar surface area (TPSA) is 16.4 Å². The Kier molecular flexibility index (Phi) is 10.1. The summed E-state index contributed by atoms with van der Waals surface area (Å²) in [4.78, 5) is 2.35. The maximum atomic E-state index is 7.21. The van der Waals surface area contributed by atoms with Crippen LogP contribution in [0.4, 0.5) is 17.1 Å². The third kappa shape index (κ3) is 7.28. The molecule has 2 heterocycles. The Morgan fingerprint density at radius 2 is 0.739 bits per heavy atom. The van der Waals surface area contributed by atoms with Crippen molar-refractivity contribution in [2.24, 2.45) is 0 Å². The van der Waals surface area contributed by atoms with Gasteiger partial charge in [0.1, 0.15) is 5.58 Å². The monoisotopic (exact) mass is 897 g/mol. The van der Waals surface area contributed by atoms with Gasteiger partial charge in [0.05, 0.1) is 5.69 Å². The molecule has 0 bridgehead atoms. The van der Waals surface area contributed by atoms with E-state index in [9.17, 15) is 0 Å². The molecule has 0 saturated carbocycles. The molecule has 0 amide bonds. The summed E-state index contributed by atoms with van der Waals surface area (Å²) < 4.78 is 9.82. The molecule has 0 spiro atoms. The van der Waals surface area contributed by atoms with Crippen LogP contribution in [0.1, 0.15) is 0 Å². The molecule has 0 unspecified atom stereocenters. The Morgan fingerprint density at radius 3 is 1.39 bits per heavy atom. The molecular formula is C66H43NOS. The molecule has 2 nitrogen and oxygen atoms in total. The van der Waals surface area contributed by atoms with Crippen LogP contribution in [0.2, 0.25) is 0 Å². The van der Waals surface area contributed by atoms with Crippen LogP contribution in [0.15, 0.2) is 265 Å². The van der Waals surface area contributed by atoms with Crippen LogP contribution in [-0.2, 0) is 0 Å². The lowest BCUT2D eigenvalue weighted by molar-refractivity contribution is 0.670. The Labute approximate surface area is 405 Å². The fourth-order valence-corrected chi connectivity index (χ4v) is 11.3. The highest BCUT2D eigenvalue weighted by atomic mass is 32.1. The minimum Gasteiger partial charge on any atom is -0.453 e. The maximum absolute atomic E-state index is 7.21. The van der Waals surface area contributed by atoms with Crippen molar-refractivity contribution in [1.29, 1.82) is 0 Å². The number of anilines is 3. The van der Waals surface area contributed by atoms with Gasteiger partial charge in [0.2, 0.25) is 0 Å². The second-order valence-electron chi connectivity index (χ2n) is 17.6. The highest BCUT2D eigenvalue weighted by Gasteiger charge is 2.23. The first-order valence-corrected chi connectivity index (χ1v) is 24.3. The average molecular weight is 898 g/mol. The van der Waals surface area contributed by atoms with E-state index in [0.29, 0.717) is 0 Å². The molecular weight excluding hydrogens is 855 g/mol. The van der Waals surface area contributed by atoms with Crippen molar-refractivity contribution >= 4 is 70.5 Å². The molecule has 69 heavy (non-hydrogen) atoms. The summed E-state index contributed by atoms with van der Waals surface area (Å²) in [5.41, 5.74) is 18.8. The standard InChI is InChI=1S/C66H43NOS/c1-4-17-44(18-5-1)50-41-60(47-21-8-3-9-22-47)65-61(42-50)59-28-16-29-62(66(59)68-65)67(51-36-31-45(32-37-51)49-35-40-58-57-27-14-15-30-63(57)69-64(58)43-49)52-38-33-48(34-39-52)54-24-11-13-26-56(54)55-25-12-10-23-53(55)46-19-6-2-7-20-46/h1-43H. The van der Waals surface area contributed by atoms with Gasteiger partial charge < -0.3 is 9.32 Å². The lowest BCUT2D eigenvalue weighted by Gasteiger charge is -2.26. The van der Waals surface area contributed by atoms with Crippen molar-refractivity contribution in [2.45, 2.75) is 0 Å². The van der Waals surface area contributed by atoms with Gasteiger partial charge in [-0.05, 0) is 116 Å². The number of benzene rings is 11. The molecule has 324 valence electrons. The quantitative estimate of drug-likeness (QED) is 0.144. The van der Waals surface area contributed by atoms with Gasteiger partial charge in [-0.2, -0.15) is 0 Å². The van der Waals surface area contributed by atoms with Gasteiger partial charge in [-0.15, -0.1) is 11.3 Å². The molecule has 0 N–H and O–H groups in total. The van der Waals surface area contributed by atoms with Gasteiger partial charge in [0.25, 0.3) is 0 Å². The number of nitrogens with zero attached hydrogens (tertiary/aromatic N) is 1. The van der Waals surface area contributed by atoms with Gasteiger partial charge in [0, 0.05) is 47.9 Å². The first kappa shape index (κ1) is 40.5. The van der Waals surface area contributed by atoms with E-state index in [1.165, 1.54) is 64.7 Å². The molecule has 13 rings (SSSR count). The van der Waals surface area contributed by atoms with Gasteiger partial charge in [0.15, 0.2) is 5.58 Å². The summed E-state index contributed by atoms with van der Waals surface area (Å²) in [6, 6.07) is 94.1. The van der Waals surface area contributed by atoms with Crippen LogP contribution in [0, 0.1) is 0 Å². The molecule has 0 fully saturated rings. The molecule has 13 aromatic rings. The largest absolute Gasteiger partial charge is 0.453 e. The predicted octanol–water partition coefficient (Wildman–Crippen LogP) is 19.4. The normalized spacial score (nSPS) is 11.5. The number of para-hydroxylation sites is 1. The molecule has 2 aromatic heterocycles. The molecule has 3 heteroatoms. The smallest absolute Gasteiger partial charge is 0.159 e. The van der Waals surface area contributed by atoms with Crippen molar-refractivity contribution in [3.05, 3.63) is 261 Å². The summed E-state index contributed by atoms with van der Waals surface area (Å²) in [5, 5.41) is 4.77. The summed E-state index contributed by atoms with van der Waals surface area (Å²) in [5.74, 6) is 0. The van der Waals surface area contributed by atoms with E-state index in [-0.39, 0.29) is 0 Å². The van der Waals surface area contributed by atoms with E-state index in [1.807, 2.05) is 11.3 Å². The van der Waals surface area contributed by atoms with Crippen LogP contribution in [-0.4, -0.2) is 0 Å². The third-order valence-corrected chi connectivity index (χ3v) is 14.6. The predicted molar refractivity (Wildman–Crippen MR) is 294 cm³/mol. The van der Waals surface area contributed by atoms with Crippen molar-refractivity contribution in [2.75, 3.05) is 4.90 Å². The summed E-state index contributed by atoms with van der Waals surface area (Å²) >= 11 is 1.85. The van der Waals surface area contributed by atoms with E-state index < -0.39 is 0 Å². The lowest BCUT2D eigenvalue weighted by atomic mass is 9.89. The Hall–Kier alpha value is -8.76. The van der Waals surface area contributed by atoms with Crippen molar-refractivity contribution in [1.82, 2.24) is 0 Å². The SMILES string of the molecule is c1ccc(-c2cc(-c3ccccc3)c3oc4c(N(c5ccc(-c6ccc7c(c6)sc6ccccc67)cc5)c5ccc(-c6ccccc6-c6ccccc6-c6ccccc6)cc5)cccc4c3c2)cc1. The van der Waals surface area contributed by atoms with E-state index in [0.717, 1.165) is 61.3 Å². The molecule has 0 atom stereocenters. The summed E-state index contributed by atoms with van der Waals surface area (Å²) in [6.07, 6.45) is 0. The summed E-state index contributed by atoms with van der Waals surface area (Å²) in [6.45, 7) is 0. The zero-order chi connectivity index (χ0) is 45.7. The molecule has 0 aliphatic carbocycles. The molecule has 0 aliphatic heterocycles. The zero-order valence-electron chi connectivity index (χ0n) is 37.6. The van der Waals surface area contributed by atoms with E-state index in [2.05, 4.69) is 266 Å². The average Bonchev–Trinajstić information content (AvgIpc) is 4.00. The lowest BCUT2D eigenvalue weighted by Crippen LogP contribution is -2.10. The number of fused-ring (bicyclic) bond motifs is 6. The van der Waals surface area contributed by atoms with Gasteiger partial charge >= 0.3 is 0 Å². The fourth-order valence-electron chi connectivity index (χ4n) is 10.2. The first-order valence-electron chi connectivity index (χ1n) is 23.5. The molecule has 0 aliphatic rings. The van der Waals surface area contributed by atoms with E-state index in [4.69, 9.17) is 4.42 Å². The maximum Gasteiger partial charge on any atom is 0.159 e. The number of hydrogen-bond acceptors (Lipinski definition) is 3. The van der Waals surface area contributed by atoms with Gasteiger partial charge in [-0.1, -0.05) is 206 Å². The second-order valence-corrected chi connectivity index (χ2v) is 18.7. The van der Waals surface area contributed by atoms with Crippen LogP contribution in [0.25, 0.3) is 109 Å². The van der Waals surface area contributed by atoms with Crippen molar-refractivity contribution < 1.29 is 4.42 Å². The Morgan fingerprint density at radius 1 is 0.261 bits per heavy atom. The van der Waals surface area contributed by atoms with Crippen LogP contribution in [0.5, 0.6) is 0 Å². The van der Waals surface area contributed by atoms with Gasteiger partial charge in [-0.25, -0.2) is 0 Å². The minimum atomic E-state index is 0.834. The summed E-state index contributed by atoms with van der Waals surface area (Å²) in [7, 11) is 0. The third-order valence-electron chi connectivity index (χ3n) is 13.5. The molecule has 11 aromatic carbocycles. The minimum absolute atomic E-state index is 0.834. The first-order chi connectivity index (χ1) is 34.2. The Bertz CT molecular complexity index is 3980. The number of rotatable bonds is 9. The number of thiophene rings is 1. The van der Waals surface area contributed by atoms with Crippen LogP contribution >= 0.6 is 11.3 Å².